The van der Waals surface area contributed by atoms with Crippen molar-refractivity contribution in [2.75, 3.05) is 0 Å². The molecule has 0 aromatic heterocycles. The fraction of sp³-hybridized carbons (Fsp3) is 0.900. The van der Waals surface area contributed by atoms with Crippen molar-refractivity contribution in [3.05, 3.63) is 10.1 Å². The Balaban J connectivity index is 2.16. The third kappa shape index (κ3) is 1.60. The average Bonchev–Trinajstić information content (AvgIpc) is 2.58. The molecule has 2 fully saturated rings. The first-order valence-corrected chi connectivity index (χ1v) is 5.33. The molecule has 0 N–H and O–H groups in total. The fourth-order valence-electron chi connectivity index (χ4n) is 3.15. The molecular formula is C10H15NO4. The van der Waals surface area contributed by atoms with E-state index >= 15 is 0 Å². The molecule has 1 heterocycles. The minimum atomic E-state index is -0.579. The zero-order valence-corrected chi connectivity index (χ0v) is 8.88. The number of esters is 1. The van der Waals surface area contributed by atoms with Gasteiger partial charge >= 0.3 is 5.97 Å². The first-order chi connectivity index (χ1) is 7.00. The van der Waals surface area contributed by atoms with Gasteiger partial charge in [0.1, 0.15) is 6.10 Å². The van der Waals surface area contributed by atoms with Crippen LogP contribution in [0.3, 0.4) is 0 Å². The third-order valence-corrected chi connectivity index (χ3v) is 3.81. The molecule has 5 heteroatoms. The molecule has 0 aromatic rings. The number of carbonyl (C=O) groups is 1. The predicted molar refractivity (Wildman–Crippen MR) is 51.7 cm³/mol. The van der Waals surface area contributed by atoms with Crippen molar-refractivity contribution in [1.29, 1.82) is 0 Å². The van der Waals surface area contributed by atoms with Gasteiger partial charge in [0.2, 0.25) is 6.04 Å². The van der Waals surface area contributed by atoms with E-state index in [0.717, 1.165) is 6.42 Å². The van der Waals surface area contributed by atoms with Crippen LogP contribution in [0.1, 0.15) is 26.7 Å². The maximum absolute atomic E-state index is 11.1. The lowest BCUT2D eigenvalue weighted by Gasteiger charge is -2.20. The van der Waals surface area contributed by atoms with E-state index in [0.29, 0.717) is 6.42 Å². The van der Waals surface area contributed by atoms with Crippen molar-refractivity contribution >= 4 is 5.97 Å². The highest BCUT2D eigenvalue weighted by Crippen LogP contribution is 2.46. The minimum Gasteiger partial charge on any atom is -0.462 e. The van der Waals surface area contributed by atoms with Crippen molar-refractivity contribution in [3.63, 3.8) is 0 Å². The number of hydrogen-bond acceptors (Lipinski definition) is 4. The highest BCUT2D eigenvalue weighted by molar-refractivity contribution is 5.72. The lowest BCUT2D eigenvalue weighted by molar-refractivity contribution is -0.530. The van der Waals surface area contributed by atoms with Gasteiger partial charge in [0, 0.05) is 23.7 Å². The number of ether oxygens (including phenoxy) is 1. The lowest BCUT2D eigenvalue weighted by atomic mass is 9.83. The van der Waals surface area contributed by atoms with Crippen LogP contribution in [0.4, 0.5) is 0 Å². The van der Waals surface area contributed by atoms with Crippen molar-refractivity contribution < 1.29 is 14.5 Å². The van der Waals surface area contributed by atoms with E-state index in [2.05, 4.69) is 0 Å². The molecule has 5 nitrogen and oxygen atoms in total. The van der Waals surface area contributed by atoms with Gasteiger partial charge in [-0.1, -0.05) is 6.92 Å². The Bertz CT molecular complexity index is 304. The maximum Gasteiger partial charge on any atom is 0.306 e. The van der Waals surface area contributed by atoms with Gasteiger partial charge in [0.25, 0.3) is 0 Å². The SMILES string of the molecule is CC1CC2OC(=O)CC2C1C(C)[N+](=O)[O-]. The van der Waals surface area contributed by atoms with Crippen molar-refractivity contribution in [3.8, 4) is 0 Å². The van der Waals surface area contributed by atoms with Crippen LogP contribution in [0, 0.1) is 27.9 Å². The van der Waals surface area contributed by atoms with Crippen LogP contribution in [-0.4, -0.2) is 23.0 Å². The number of hydrogen-bond donors (Lipinski definition) is 0. The Hall–Kier alpha value is -1.13. The number of nitrogens with zero attached hydrogens (tertiary/aromatic N) is 1. The highest BCUT2D eigenvalue weighted by Gasteiger charge is 2.53. The Kier molecular flexibility index (Phi) is 2.40. The molecular weight excluding hydrogens is 198 g/mol. The lowest BCUT2D eigenvalue weighted by Crippen LogP contribution is -2.32. The molecule has 0 amide bonds. The van der Waals surface area contributed by atoms with Crippen molar-refractivity contribution in [2.24, 2.45) is 17.8 Å². The highest BCUT2D eigenvalue weighted by atomic mass is 16.6. The van der Waals surface area contributed by atoms with Gasteiger partial charge in [-0.25, -0.2) is 0 Å². The van der Waals surface area contributed by atoms with Crippen molar-refractivity contribution in [2.45, 2.75) is 38.8 Å². The molecule has 5 unspecified atom stereocenters. The van der Waals surface area contributed by atoms with Gasteiger partial charge in [0.05, 0.1) is 6.42 Å². The molecule has 5 atom stereocenters. The van der Waals surface area contributed by atoms with Gasteiger partial charge in [-0.15, -0.1) is 0 Å². The van der Waals surface area contributed by atoms with E-state index < -0.39 is 6.04 Å². The molecule has 84 valence electrons. The second kappa shape index (κ2) is 3.47. The average molecular weight is 213 g/mol. The van der Waals surface area contributed by atoms with E-state index in [1.165, 1.54) is 0 Å². The van der Waals surface area contributed by atoms with E-state index in [1.807, 2.05) is 6.92 Å². The van der Waals surface area contributed by atoms with Crippen LogP contribution in [0.5, 0.6) is 0 Å². The second-order valence-corrected chi connectivity index (χ2v) is 4.71. The zero-order chi connectivity index (χ0) is 11.2. The summed E-state index contributed by atoms with van der Waals surface area (Å²) in [5.41, 5.74) is 0. The second-order valence-electron chi connectivity index (χ2n) is 4.71. The number of rotatable bonds is 2. The minimum absolute atomic E-state index is 0.0172. The summed E-state index contributed by atoms with van der Waals surface area (Å²) in [7, 11) is 0. The van der Waals surface area contributed by atoms with Gasteiger partial charge < -0.3 is 4.74 Å². The smallest absolute Gasteiger partial charge is 0.306 e. The summed E-state index contributed by atoms with van der Waals surface area (Å²) in [5.74, 6) is 0.121. The van der Waals surface area contributed by atoms with Crippen LogP contribution in [0.25, 0.3) is 0 Å². The normalized spacial score (nSPS) is 41.1. The van der Waals surface area contributed by atoms with Gasteiger partial charge in [-0.3, -0.25) is 14.9 Å². The molecule has 2 rings (SSSR count). The number of fused-ring (bicyclic) bond motifs is 1. The number of carbonyl (C=O) groups excluding carboxylic acids is 1. The van der Waals surface area contributed by atoms with E-state index in [-0.39, 0.29) is 34.8 Å². The van der Waals surface area contributed by atoms with Crippen molar-refractivity contribution in [1.82, 2.24) is 0 Å². The predicted octanol–water partition coefficient (Wildman–Crippen LogP) is 1.24. The van der Waals surface area contributed by atoms with Crippen LogP contribution in [0.2, 0.25) is 0 Å². The first kappa shape index (κ1) is 10.4. The summed E-state index contributed by atoms with van der Waals surface area (Å²) in [6.07, 6.45) is 1.07. The third-order valence-electron chi connectivity index (χ3n) is 3.81. The Morgan fingerprint density at radius 3 is 2.87 bits per heavy atom. The standard InChI is InChI=1S/C10H15NO4/c1-5-3-8-7(4-9(12)15-8)10(5)6(2)11(13)14/h5-8,10H,3-4H2,1-2H3. The van der Waals surface area contributed by atoms with Crippen LogP contribution >= 0.6 is 0 Å². The molecule has 1 saturated carbocycles. The molecule has 0 bridgehead atoms. The first-order valence-electron chi connectivity index (χ1n) is 5.33. The van der Waals surface area contributed by atoms with Crippen LogP contribution in [0.15, 0.2) is 0 Å². The monoisotopic (exact) mass is 213 g/mol. The summed E-state index contributed by atoms with van der Waals surface area (Å²) >= 11 is 0. The van der Waals surface area contributed by atoms with Gasteiger partial charge in [-0.2, -0.15) is 0 Å². The quantitative estimate of drug-likeness (QED) is 0.393. The molecule has 15 heavy (non-hydrogen) atoms. The summed E-state index contributed by atoms with van der Waals surface area (Å²) in [6.45, 7) is 3.64. The molecule has 1 saturated heterocycles. The van der Waals surface area contributed by atoms with E-state index in [4.69, 9.17) is 4.74 Å². The maximum atomic E-state index is 11.1. The molecule has 0 aromatic carbocycles. The van der Waals surface area contributed by atoms with Crippen LogP contribution in [-0.2, 0) is 9.53 Å². The molecule has 1 aliphatic heterocycles. The Morgan fingerprint density at radius 1 is 1.60 bits per heavy atom. The Morgan fingerprint density at radius 2 is 2.27 bits per heavy atom. The fourth-order valence-corrected chi connectivity index (χ4v) is 3.15. The van der Waals surface area contributed by atoms with Gasteiger partial charge in [-0.05, 0) is 12.3 Å². The van der Waals surface area contributed by atoms with E-state index in [1.54, 1.807) is 6.92 Å². The largest absolute Gasteiger partial charge is 0.462 e. The summed E-state index contributed by atoms with van der Waals surface area (Å²) in [6, 6.07) is -0.579. The zero-order valence-electron chi connectivity index (χ0n) is 8.88. The molecule has 1 aliphatic carbocycles. The molecule has 0 spiro atoms. The topological polar surface area (TPSA) is 69.4 Å². The van der Waals surface area contributed by atoms with Crippen LogP contribution < -0.4 is 0 Å². The Labute approximate surface area is 87.9 Å². The van der Waals surface area contributed by atoms with E-state index in [9.17, 15) is 14.9 Å². The molecule has 2 aliphatic rings. The summed E-state index contributed by atoms with van der Waals surface area (Å²) in [5, 5.41) is 10.8. The molecule has 0 radical (unpaired) electrons. The number of nitro groups is 1. The summed E-state index contributed by atoms with van der Waals surface area (Å²) in [4.78, 5) is 21.6. The summed E-state index contributed by atoms with van der Waals surface area (Å²) < 4.78 is 5.15. The van der Waals surface area contributed by atoms with Gasteiger partial charge in [0.15, 0.2) is 0 Å².